The van der Waals surface area contributed by atoms with E-state index < -0.39 is 0 Å². The molecule has 56 valence electrons. The van der Waals surface area contributed by atoms with Crippen LogP contribution in [0.3, 0.4) is 0 Å². The predicted molar refractivity (Wildman–Crippen MR) is 50.0 cm³/mol. The van der Waals surface area contributed by atoms with Gasteiger partial charge < -0.3 is 0 Å². The number of halogens is 1. The molecule has 0 saturated carbocycles. The van der Waals surface area contributed by atoms with Crippen LogP contribution in [0.25, 0.3) is 11.2 Å². The predicted octanol–water partition coefficient (Wildman–Crippen LogP) is 0.992. The van der Waals surface area contributed by atoms with E-state index >= 15 is 0 Å². The van der Waals surface area contributed by atoms with Gasteiger partial charge in [-0.15, -0.1) is 0 Å². The number of aryl methyl sites for hydroxylation is 1. The van der Waals surface area contributed by atoms with Crippen LogP contribution in [0.1, 0.15) is 0 Å². The van der Waals surface area contributed by atoms with Crippen LogP contribution in [0.4, 0.5) is 0 Å². The first-order chi connectivity index (χ1) is 5.27. The summed E-state index contributed by atoms with van der Waals surface area (Å²) < 4.78 is 2.99. The number of pyridine rings is 1. The number of aromatic amines is 1. The van der Waals surface area contributed by atoms with Crippen molar-refractivity contribution in [3.05, 3.63) is 22.2 Å². The van der Waals surface area contributed by atoms with Crippen molar-refractivity contribution in [2.24, 2.45) is 7.05 Å². The van der Waals surface area contributed by atoms with E-state index in [0.29, 0.717) is 0 Å². The summed E-state index contributed by atoms with van der Waals surface area (Å²) in [7, 11) is 1.97. The Hall–Kier alpha value is -0.650. The number of fused-ring (bicyclic) bond motifs is 1. The van der Waals surface area contributed by atoms with Gasteiger partial charge in [0.05, 0.1) is 7.05 Å². The number of imidazole rings is 1. The van der Waals surface area contributed by atoms with Crippen molar-refractivity contribution in [2.45, 2.75) is 0 Å². The van der Waals surface area contributed by atoms with Crippen molar-refractivity contribution in [2.75, 3.05) is 0 Å². The molecule has 2 rings (SSSR count). The average molecular weight is 260 g/mol. The van der Waals surface area contributed by atoms with E-state index in [-0.39, 0.29) is 0 Å². The lowest BCUT2D eigenvalue weighted by Gasteiger charge is -1.84. The van der Waals surface area contributed by atoms with Gasteiger partial charge in [0, 0.05) is 0 Å². The largest absolute Gasteiger partial charge is 0.302 e. The quantitative estimate of drug-likeness (QED) is 0.427. The highest BCUT2D eigenvalue weighted by Gasteiger charge is 2.07. The highest BCUT2D eigenvalue weighted by molar-refractivity contribution is 14.1. The average Bonchev–Trinajstić information content (AvgIpc) is 2.33. The van der Waals surface area contributed by atoms with Crippen molar-refractivity contribution in [1.29, 1.82) is 0 Å². The van der Waals surface area contributed by atoms with E-state index in [1.807, 2.05) is 30.1 Å². The van der Waals surface area contributed by atoms with Gasteiger partial charge in [0.2, 0.25) is 0 Å². The Morgan fingerprint density at radius 2 is 2.36 bits per heavy atom. The second-order valence-electron chi connectivity index (χ2n) is 2.39. The van der Waals surface area contributed by atoms with Crippen LogP contribution in [0, 0.1) is 3.70 Å². The molecule has 3 nitrogen and oxygen atoms in total. The third-order valence-electron chi connectivity index (χ3n) is 1.59. The SMILES string of the molecule is C[n+]1c[nH]c2ccc(I)nc21. The Kier molecular flexibility index (Phi) is 1.56. The Morgan fingerprint density at radius 3 is 3.18 bits per heavy atom. The number of H-pyrrole nitrogens is 1. The topological polar surface area (TPSA) is 32.6 Å². The summed E-state index contributed by atoms with van der Waals surface area (Å²) in [6, 6.07) is 4.02. The highest BCUT2D eigenvalue weighted by Crippen LogP contribution is 2.06. The van der Waals surface area contributed by atoms with Crippen molar-refractivity contribution in [1.82, 2.24) is 9.97 Å². The van der Waals surface area contributed by atoms with Crippen molar-refractivity contribution < 1.29 is 4.57 Å². The second kappa shape index (κ2) is 2.44. The summed E-state index contributed by atoms with van der Waals surface area (Å²) in [6.07, 6.45) is 1.90. The molecule has 0 saturated heterocycles. The number of nitrogens with one attached hydrogen (secondary N) is 1. The van der Waals surface area contributed by atoms with E-state index in [1.54, 1.807) is 0 Å². The molecule has 0 spiro atoms. The number of nitrogens with zero attached hydrogens (tertiary/aromatic N) is 2. The molecule has 0 aliphatic rings. The van der Waals surface area contributed by atoms with Crippen LogP contribution in [0.15, 0.2) is 18.5 Å². The molecule has 0 unspecified atom stereocenters. The molecule has 0 bridgehead atoms. The minimum absolute atomic E-state index is 0.997. The van der Waals surface area contributed by atoms with Gasteiger partial charge in [0.15, 0.2) is 15.5 Å². The summed E-state index contributed by atoms with van der Waals surface area (Å²) in [5.74, 6) is 0. The van der Waals surface area contributed by atoms with Crippen LogP contribution in [0.5, 0.6) is 0 Å². The van der Waals surface area contributed by atoms with E-state index in [2.05, 4.69) is 32.6 Å². The van der Waals surface area contributed by atoms with Crippen LogP contribution in [-0.4, -0.2) is 9.97 Å². The molecule has 0 atom stereocenters. The van der Waals surface area contributed by atoms with Gasteiger partial charge in [-0.1, -0.05) is 4.98 Å². The summed E-state index contributed by atoms with van der Waals surface area (Å²) in [5.41, 5.74) is 2.07. The van der Waals surface area contributed by atoms with Crippen LogP contribution in [-0.2, 0) is 7.05 Å². The molecule has 0 aliphatic heterocycles. The molecule has 2 heterocycles. The van der Waals surface area contributed by atoms with E-state index in [9.17, 15) is 0 Å². The molecule has 1 N–H and O–H groups in total. The Bertz CT molecular complexity index is 393. The lowest BCUT2D eigenvalue weighted by molar-refractivity contribution is -0.646. The first-order valence-electron chi connectivity index (χ1n) is 3.26. The summed E-state index contributed by atoms with van der Waals surface area (Å²) in [4.78, 5) is 7.47. The van der Waals surface area contributed by atoms with Crippen LogP contribution in [0.2, 0.25) is 0 Å². The zero-order valence-electron chi connectivity index (χ0n) is 6.00. The third kappa shape index (κ3) is 1.11. The summed E-state index contributed by atoms with van der Waals surface area (Å²) >= 11 is 2.20. The van der Waals surface area contributed by atoms with Crippen molar-refractivity contribution in [3.8, 4) is 0 Å². The van der Waals surface area contributed by atoms with Crippen molar-refractivity contribution in [3.63, 3.8) is 0 Å². The fourth-order valence-corrected chi connectivity index (χ4v) is 1.44. The first-order valence-corrected chi connectivity index (χ1v) is 4.34. The minimum Gasteiger partial charge on any atom is -0.274 e. The van der Waals surface area contributed by atoms with Gasteiger partial charge in [-0.2, -0.15) is 0 Å². The lowest BCUT2D eigenvalue weighted by Crippen LogP contribution is -2.25. The van der Waals surface area contributed by atoms with Crippen LogP contribution < -0.4 is 4.57 Å². The van der Waals surface area contributed by atoms with Crippen LogP contribution >= 0.6 is 22.6 Å². The number of aromatic nitrogens is 3. The lowest BCUT2D eigenvalue weighted by atomic mass is 10.4. The molecular weight excluding hydrogens is 253 g/mol. The number of rotatable bonds is 0. The Labute approximate surface area is 77.6 Å². The van der Waals surface area contributed by atoms with Gasteiger partial charge >= 0.3 is 5.65 Å². The van der Waals surface area contributed by atoms with Gasteiger partial charge in [-0.05, 0) is 34.7 Å². The molecule has 2 aromatic rings. The summed E-state index contributed by atoms with van der Waals surface area (Å²) in [5, 5.41) is 0. The second-order valence-corrected chi connectivity index (χ2v) is 3.49. The zero-order chi connectivity index (χ0) is 7.84. The van der Waals surface area contributed by atoms with Gasteiger partial charge in [-0.3, -0.25) is 4.98 Å². The molecule has 0 radical (unpaired) electrons. The fraction of sp³-hybridized carbons (Fsp3) is 0.143. The van der Waals surface area contributed by atoms with Crippen molar-refractivity contribution >= 4 is 33.8 Å². The molecule has 4 heteroatoms. The molecule has 0 fully saturated rings. The zero-order valence-corrected chi connectivity index (χ0v) is 8.16. The highest BCUT2D eigenvalue weighted by atomic mass is 127. The Balaban J connectivity index is 2.87. The first kappa shape index (κ1) is 7.02. The maximum absolute atomic E-state index is 4.35. The maximum Gasteiger partial charge on any atom is 0.302 e. The minimum atomic E-state index is 0.997. The molecule has 0 aliphatic carbocycles. The molecule has 11 heavy (non-hydrogen) atoms. The smallest absolute Gasteiger partial charge is 0.274 e. The fourth-order valence-electron chi connectivity index (χ4n) is 1.03. The molecule has 0 aromatic carbocycles. The number of hydrogen-bond acceptors (Lipinski definition) is 1. The number of hydrogen-bond donors (Lipinski definition) is 1. The monoisotopic (exact) mass is 260 g/mol. The molecular formula is C7H7IN3+. The van der Waals surface area contributed by atoms with E-state index in [1.165, 1.54) is 0 Å². The van der Waals surface area contributed by atoms with Gasteiger partial charge in [-0.25, -0.2) is 4.57 Å². The van der Waals surface area contributed by atoms with E-state index in [0.717, 1.165) is 14.9 Å². The normalized spacial score (nSPS) is 10.7. The molecule has 2 aromatic heterocycles. The third-order valence-corrected chi connectivity index (χ3v) is 2.19. The van der Waals surface area contributed by atoms with E-state index in [4.69, 9.17) is 0 Å². The standard InChI is InChI=1S/C7H6IN3/c1-11-4-9-5-2-3-6(8)10-7(5)11/h2-4H,1H3/p+1. The summed E-state index contributed by atoms with van der Waals surface area (Å²) in [6.45, 7) is 0. The molecule has 0 amide bonds. The van der Waals surface area contributed by atoms with Gasteiger partial charge in [0.1, 0.15) is 0 Å². The Morgan fingerprint density at radius 1 is 1.55 bits per heavy atom. The van der Waals surface area contributed by atoms with Gasteiger partial charge in [0.25, 0.3) is 0 Å². The maximum atomic E-state index is 4.35.